The van der Waals surface area contributed by atoms with Crippen LogP contribution in [0.1, 0.15) is 32.1 Å². The molecule has 1 saturated heterocycles. The third-order valence-corrected chi connectivity index (χ3v) is 4.85. The summed E-state index contributed by atoms with van der Waals surface area (Å²) in [6.45, 7) is 2.86. The van der Waals surface area contributed by atoms with Crippen molar-refractivity contribution in [3.8, 4) is 0 Å². The lowest BCUT2D eigenvalue weighted by Gasteiger charge is -2.49. The monoisotopic (exact) mass is 289 g/mol. The Morgan fingerprint density at radius 1 is 1.19 bits per heavy atom. The number of halogens is 1. The van der Waals surface area contributed by atoms with Gasteiger partial charge in [-0.05, 0) is 25.0 Å². The maximum Gasteiger partial charge on any atom is 0.246 e. The minimum atomic E-state index is -0.286. The molecule has 0 aromatic carbocycles. The molecule has 0 unspecified atom stereocenters. The smallest absolute Gasteiger partial charge is 0.246 e. The van der Waals surface area contributed by atoms with Crippen LogP contribution in [-0.4, -0.2) is 39.8 Å². The summed E-state index contributed by atoms with van der Waals surface area (Å²) in [5.41, 5.74) is 0.843. The summed E-state index contributed by atoms with van der Waals surface area (Å²) in [7, 11) is 0. The molecule has 21 heavy (non-hydrogen) atoms. The van der Waals surface area contributed by atoms with Crippen molar-refractivity contribution in [3.63, 3.8) is 0 Å². The Balaban J connectivity index is 1.74. The number of pyridine rings is 1. The van der Waals surface area contributed by atoms with Crippen molar-refractivity contribution in [2.24, 2.45) is 0 Å². The zero-order valence-corrected chi connectivity index (χ0v) is 12.1. The molecule has 112 valence electrons. The van der Waals surface area contributed by atoms with E-state index in [0.29, 0.717) is 5.65 Å². The predicted octanol–water partition coefficient (Wildman–Crippen LogP) is 1.98. The minimum Gasteiger partial charge on any atom is -0.331 e. The van der Waals surface area contributed by atoms with Crippen LogP contribution in [0.2, 0.25) is 0 Å². The van der Waals surface area contributed by atoms with Crippen LogP contribution in [0.25, 0.3) is 5.65 Å². The van der Waals surface area contributed by atoms with E-state index >= 15 is 0 Å². The van der Waals surface area contributed by atoms with Gasteiger partial charge in [0, 0.05) is 19.6 Å². The van der Waals surface area contributed by atoms with Gasteiger partial charge in [0.2, 0.25) is 5.95 Å². The molecule has 6 heteroatoms. The fourth-order valence-electron chi connectivity index (χ4n) is 3.77. The van der Waals surface area contributed by atoms with Crippen molar-refractivity contribution in [1.82, 2.24) is 19.9 Å². The van der Waals surface area contributed by atoms with Gasteiger partial charge in [-0.25, -0.2) is 8.91 Å². The topological polar surface area (TPSA) is 45.5 Å². The van der Waals surface area contributed by atoms with Crippen molar-refractivity contribution in [2.45, 2.75) is 37.6 Å². The van der Waals surface area contributed by atoms with E-state index in [-0.39, 0.29) is 11.4 Å². The van der Waals surface area contributed by atoms with Crippen LogP contribution in [0.3, 0.4) is 0 Å². The van der Waals surface area contributed by atoms with Gasteiger partial charge in [-0.15, -0.1) is 5.10 Å². The van der Waals surface area contributed by atoms with Crippen LogP contribution in [0.5, 0.6) is 0 Å². The minimum absolute atomic E-state index is 0.139. The highest BCUT2D eigenvalue weighted by Crippen LogP contribution is 2.36. The highest BCUT2D eigenvalue weighted by Gasteiger charge is 2.41. The van der Waals surface area contributed by atoms with Gasteiger partial charge in [-0.3, -0.25) is 0 Å². The molecule has 1 N–H and O–H groups in total. The van der Waals surface area contributed by atoms with Crippen molar-refractivity contribution < 1.29 is 4.39 Å². The van der Waals surface area contributed by atoms with Gasteiger partial charge in [-0.2, -0.15) is 4.98 Å². The maximum absolute atomic E-state index is 13.3. The number of rotatable bonds is 1. The van der Waals surface area contributed by atoms with E-state index in [1.165, 1.54) is 44.4 Å². The van der Waals surface area contributed by atoms with E-state index in [2.05, 4.69) is 20.3 Å². The number of nitrogens with zero attached hydrogens (tertiary/aromatic N) is 4. The van der Waals surface area contributed by atoms with Crippen molar-refractivity contribution in [2.75, 3.05) is 24.5 Å². The van der Waals surface area contributed by atoms with Gasteiger partial charge < -0.3 is 10.2 Å². The standard InChI is InChI=1S/C15H20FN5/c16-12-4-5-13-18-14(19-21(13)10-12)20-9-8-17-11-15(20)6-2-1-3-7-15/h4-5,10,17H,1-3,6-9,11H2. The van der Waals surface area contributed by atoms with E-state index in [4.69, 9.17) is 0 Å². The largest absolute Gasteiger partial charge is 0.331 e. The first-order valence-corrected chi connectivity index (χ1v) is 7.77. The molecule has 3 heterocycles. The zero-order valence-electron chi connectivity index (χ0n) is 12.1. The van der Waals surface area contributed by atoms with Crippen LogP contribution in [-0.2, 0) is 0 Å². The Morgan fingerprint density at radius 3 is 2.90 bits per heavy atom. The normalized spacial score (nSPS) is 22.0. The van der Waals surface area contributed by atoms with Gasteiger partial charge in [0.25, 0.3) is 0 Å². The average Bonchev–Trinajstić information content (AvgIpc) is 2.91. The van der Waals surface area contributed by atoms with Crippen LogP contribution < -0.4 is 10.2 Å². The molecule has 0 radical (unpaired) electrons. The summed E-state index contributed by atoms with van der Waals surface area (Å²) in [6.07, 6.45) is 7.61. The summed E-state index contributed by atoms with van der Waals surface area (Å²) >= 11 is 0. The second kappa shape index (κ2) is 4.94. The third kappa shape index (κ3) is 2.18. The molecule has 2 fully saturated rings. The molecule has 0 amide bonds. The van der Waals surface area contributed by atoms with Gasteiger partial charge >= 0.3 is 0 Å². The molecule has 2 aromatic heterocycles. The van der Waals surface area contributed by atoms with Crippen LogP contribution >= 0.6 is 0 Å². The fourth-order valence-corrected chi connectivity index (χ4v) is 3.77. The second-order valence-electron chi connectivity index (χ2n) is 6.18. The number of hydrogen-bond acceptors (Lipinski definition) is 4. The Labute approximate surface area is 123 Å². The van der Waals surface area contributed by atoms with E-state index in [1.807, 2.05) is 0 Å². The van der Waals surface area contributed by atoms with E-state index in [9.17, 15) is 4.39 Å². The predicted molar refractivity (Wildman–Crippen MR) is 79.0 cm³/mol. The quantitative estimate of drug-likeness (QED) is 0.872. The third-order valence-electron chi connectivity index (χ3n) is 4.85. The molecular formula is C15H20FN5. The highest BCUT2D eigenvalue weighted by molar-refractivity contribution is 5.47. The first kappa shape index (κ1) is 13.0. The summed E-state index contributed by atoms with van der Waals surface area (Å²) in [5, 5.41) is 8.03. The Hall–Kier alpha value is -1.69. The SMILES string of the molecule is Fc1ccc2nc(N3CCNCC34CCCCC4)nn2c1. The summed E-state index contributed by atoms with van der Waals surface area (Å²) in [5.74, 6) is 0.454. The molecule has 0 bridgehead atoms. The summed E-state index contributed by atoms with van der Waals surface area (Å²) < 4.78 is 14.9. The molecule has 1 aliphatic heterocycles. The fraction of sp³-hybridized carbons (Fsp3) is 0.600. The Bertz CT molecular complexity index is 638. The van der Waals surface area contributed by atoms with Gasteiger partial charge in [0.1, 0.15) is 5.82 Å². The number of nitrogens with one attached hydrogen (secondary N) is 1. The van der Waals surface area contributed by atoms with Gasteiger partial charge in [-0.1, -0.05) is 19.3 Å². The molecule has 2 aliphatic rings. The van der Waals surface area contributed by atoms with Crippen molar-refractivity contribution >= 4 is 11.6 Å². The molecule has 1 saturated carbocycles. The van der Waals surface area contributed by atoms with E-state index < -0.39 is 0 Å². The van der Waals surface area contributed by atoms with E-state index in [0.717, 1.165) is 25.6 Å². The van der Waals surface area contributed by atoms with E-state index in [1.54, 1.807) is 10.6 Å². The van der Waals surface area contributed by atoms with Gasteiger partial charge in [0.15, 0.2) is 5.65 Å². The molecule has 0 atom stereocenters. The molecule has 1 spiro atoms. The molecule has 4 rings (SSSR count). The van der Waals surface area contributed by atoms with Gasteiger partial charge in [0.05, 0.1) is 11.7 Å². The van der Waals surface area contributed by atoms with Crippen molar-refractivity contribution in [1.29, 1.82) is 0 Å². The zero-order chi connectivity index (χ0) is 14.3. The van der Waals surface area contributed by atoms with Crippen LogP contribution in [0.4, 0.5) is 10.3 Å². The molecule has 1 aliphatic carbocycles. The lowest BCUT2D eigenvalue weighted by molar-refractivity contribution is 0.238. The molecule has 2 aromatic rings. The molecular weight excluding hydrogens is 269 g/mol. The lowest BCUT2D eigenvalue weighted by Crippen LogP contribution is -2.62. The number of piperazine rings is 1. The highest BCUT2D eigenvalue weighted by atomic mass is 19.1. The lowest BCUT2D eigenvalue weighted by atomic mass is 9.79. The summed E-state index contributed by atoms with van der Waals surface area (Å²) in [4.78, 5) is 6.97. The summed E-state index contributed by atoms with van der Waals surface area (Å²) in [6, 6.07) is 3.11. The number of anilines is 1. The maximum atomic E-state index is 13.3. The van der Waals surface area contributed by atoms with Crippen molar-refractivity contribution in [3.05, 3.63) is 24.1 Å². The first-order chi connectivity index (χ1) is 10.3. The Morgan fingerprint density at radius 2 is 2.05 bits per heavy atom. The molecule has 5 nitrogen and oxygen atoms in total. The number of aromatic nitrogens is 3. The van der Waals surface area contributed by atoms with Crippen LogP contribution in [0.15, 0.2) is 18.3 Å². The number of hydrogen-bond donors (Lipinski definition) is 1. The average molecular weight is 289 g/mol. The van der Waals surface area contributed by atoms with Crippen LogP contribution in [0, 0.1) is 5.82 Å². The second-order valence-corrected chi connectivity index (χ2v) is 6.18. The number of fused-ring (bicyclic) bond motifs is 1. The first-order valence-electron chi connectivity index (χ1n) is 7.77. The Kier molecular flexibility index (Phi) is 3.06.